The molecule has 0 radical (unpaired) electrons. The smallest absolute Gasteiger partial charge is 0.295 e. The lowest BCUT2D eigenvalue weighted by atomic mass is 9.97. The first kappa shape index (κ1) is 21.5. The number of aliphatic hydroxyl groups is 1. The van der Waals surface area contributed by atoms with Gasteiger partial charge in [-0.05, 0) is 42.1 Å². The third-order valence-electron chi connectivity index (χ3n) is 5.80. The topological polar surface area (TPSA) is 79.3 Å². The molecule has 7 nitrogen and oxygen atoms in total. The second-order valence-corrected chi connectivity index (χ2v) is 8.62. The summed E-state index contributed by atoms with van der Waals surface area (Å²) in [7, 11) is 1.57. The molecule has 2 fully saturated rings. The summed E-state index contributed by atoms with van der Waals surface area (Å²) in [6.07, 6.45) is 0. The van der Waals surface area contributed by atoms with Gasteiger partial charge in [-0.3, -0.25) is 14.5 Å². The van der Waals surface area contributed by atoms with E-state index in [1.165, 1.54) is 11.3 Å². The summed E-state index contributed by atoms with van der Waals surface area (Å²) in [5.74, 6) is -0.701. The van der Waals surface area contributed by atoms with Crippen molar-refractivity contribution < 1.29 is 24.2 Å². The number of carbonyl (C=O) groups excluding carboxylic acids is 2. The molecule has 2 aromatic rings. The number of morpholine rings is 1. The highest BCUT2D eigenvalue weighted by molar-refractivity contribution is 7.10. The van der Waals surface area contributed by atoms with Crippen LogP contribution in [0.4, 0.5) is 0 Å². The number of thiophene rings is 1. The number of nitrogens with zero attached hydrogens (tertiary/aromatic N) is 2. The summed E-state index contributed by atoms with van der Waals surface area (Å²) in [6.45, 7) is 5.85. The van der Waals surface area contributed by atoms with Crippen molar-refractivity contribution in [1.29, 1.82) is 0 Å². The fourth-order valence-electron chi connectivity index (χ4n) is 4.10. The summed E-state index contributed by atoms with van der Waals surface area (Å²) in [5, 5.41) is 13.1. The van der Waals surface area contributed by atoms with Gasteiger partial charge in [0, 0.05) is 36.6 Å². The number of benzene rings is 1. The monoisotopic (exact) mass is 442 g/mol. The fraction of sp³-hybridized carbons (Fsp3) is 0.391. The lowest BCUT2D eigenvalue weighted by Crippen LogP contribution is -2.42. The second-order valence-electron chi connectivity index (χ2n) is 7.64. The van der Waals surface area contributed by atoms with Crippen LogP contribution in [0.25, 0.3) is 5.76 Å². The van der Waals surface area contributed by atoms with Gasteiger partial charge in [-0.2, -0.15) is 0 Å². The highest BCUT2D eigenvalue weighted by Crippen LogP contribution is 2.41. The van der Waals surface area contributed by atoms with Crippen LogP contribution in [0.2, 0.25) is 0 Å². The Hall–Kier alpha value is -2.68. The maximum atomic E-state index is 13.1. The Bertz CT molecular complexity index is 995. The van der Waals surface area contributed by atoms with E-state index in [1.54, 1.807) is 30.2 Å². The Morgan fingerprint density at radius 1 is 1.23 bits per heavy atom. The third-order valence-corrected chi connectivity index (χ3v) is 6.73. The highest BCUT2D eigenvalue weighted by atomic mass is 32.1. The molecule has 0 aliphatic carbocycles. The van der Waals surface area contributed by atoms with Crippen molar-refractivity contribution in [2.45, 2.75) is 13.0 Å². The SMILES string of the molecule is COc1ccc(C(O)=C2C(=O)C(=O)N(CCN3CCOCC3)[C@H]2c2cccs2)c(C)c1. The average Bonchev–Trinajstić information content (AvgIpc) is 3.40. The van der Waals surface area contributed by atoms with E-state index in [1.807, 2.05) is 24.4 Å². The molecule has 1 N–H and O–H groups in total. The molecular weight excluding hydrogens is 416 g/mol. The molecule has 0 saturated carbocycles. The maximum Gasteiger partial charge on any atom is 0.295 e. The Kier molecular flexibility index (Phi) is 6.41. The van der Waals surface area contributed by atoms with Crippen LogP contribution in [-0.2, 0) is 14.3 Å². The molecule has 2 saturated heterocycles. The summed E-state index contributed by atoms with van der Waals surface area (Å²) in [5.41, 5.74) is 1.43. The lowest BCUT2D eigenvalue weighted by Gasteiger charge is -2.30. The number of rotatable bonds is 6. The first-order chi connectivity index (χ1) is 15.0. The molecule has 8 heteroatoms. The zero-order chi connectivity index (χ0) is 22.0. The molecule has 0 spiro atoms. The van der Waals surface area contributed by atoms with Gasteiger partial charge in [0.1, 0.15) is 11.5 Å². The van der Waals surface area contributed by atoms with Gasteiger partial charge in [-0.15, -0.1) is 11.3 Å². The minimum atomic E-state index is -0.645. The molecule has 0 bridgehead atoms. The van der Waals surface area contributed by atoms with E-state index in [-0.39, 0.29) is 11.3 Å². The van der Waals surface area contributed by atoms with Crippen molar-refractivity contribution in [3.63, 3.8) is 0 Å². The van der Waals surface area contributed by atoms with Crippen LogP contribution in [0.5, 0.6) is 5.75 Å². The van der Waals surface area contributed by atoms with E-state index in [2.05, 4.69) is 4.90 Å². The number of ether oxygens (including phenoxy) is 2. The summed E-state index contributed by atoms with van der Waals surface area (Å²) in [6, 6.07) is 8.44. The van der Waals surface area contributed by atoms with Crippen molar-refractivity contribution in [2.75, 3.05) is 46.5 Å². The van der Waals surface area contributed by atoms with E-state index in [4.69, 9.17) is 9.47 Å². The van der Waals surface area contributed by atoms with E-state index in [9.17, 15) is 14.7 Å². The first-order valence-corrected chi connectivity index (χ1v) is 11.2. The lowest BCUT2D eigenvalue weighted by molar-refractivity contribution is -0.140. The maximum absolute atomic E-state index is 13.1. The molecule has 1 atom stereocenters. The van der Waals surface area contributed by atoms with Crippen molar-refractivity contribution in [1.82, 2.24) is 9.80 Å². The number of amides is 1. The Morgan fingerprint density at radius 2 is 2.00 bits per heavy atom. The average molecular weight is 443 g/mol. The van der Waals surface area contributed by atoms with Crippen LogP contribution in [0, 0.1) is 6.92 Å². The molecular formula is C23H26N2O5S. The van der Waals surface area contributed by atoms with Gasteiger partial charge >= 0.3 is 0 Å². The predicted molar refractivity (Wildman–Crippen MR) is 118 cm³/mol. The van der Waals surface area contributed by atoms with Gasteiger partial charge < -0.3 is 19.5 Å². The number of hydrogen-bond acceptors (Lipinski definition) is 7. The highest BCUT2D eigenvalue weighted by Gasteiger charge is 2.46. The van der Waals surface area contributed by atoms with E-state index in [0.29, 0.717) is 37.6 Å². The quantitative estimate of drug-likeness (QED) is 0.421. The van der Waals surface area contributed by atoms with Crippen LogP contribution in [-0.4, -0.2) is 73.1 Å². The molecule has 0 unspecified atom stereocenters. The normalized spacial score (nSPS) is 21.6. The largest absolute Gasteiger partial charge is 0.507 e. The van der Waals surface area contributed by atoms with Gasteiger partial charge in [-0.25, -0.2) is 0 Å². The number of hydrogen-bond donors (Lipinski definition) is 1. The van der Waals surface area contributed by atoms with Gasteiger partial charge in [0.15, 0.2) is 0 Å². The molecule has 3 heterocycles. The number of aryl methyl sites for hydroxylation is 1. The first-order valence-electron chi connectivity index (χ1n) is 10.3. The number of carbonyl (C=O) groups is 2. The van der Waals surface area contributed by atoms with Crippen LogP contribution in [0.15, 0.2) is 41.3 Å². The standard InChI is InChI=1S/C23H26N2O5S/c1-15-14-16(29-2)5-6-17(15)21(26)19-20(18-4-3-13-31-18)25(23(28)22(19)27)8-7-24-9-11-30-12-10-24/h3-6,13-14,20,26H,7-12H2,1-2H3/t20-/m0/s1. The molecule has 1 amide bonds. The van der Waals surface area contributed by atoms with Crippen LogP contribution in [0.3, 0.4) is 0 Å². The van der Waals surface area contributed by atoms with Gasteiger partial charge in [0.05, 0.1) is 31.9 Å². The summed E-state index contributed by atoms with van der Waals surface area (Å²) < 4.78 is 10.6. The second kappa shape index (κ2) is 9.21. The van der Waals surface area contributed by atoms with Crippen LogP contribution in [0.1, 0.15) is 22.0 Å². The number of Topliss-reactive ketones (excluding diaryl/α,β-unsaturated/α-hetero) is 1. The van der Waals surface area contributed by atoms with Gasteiger partial charge in [-0.1, -0.05) is 6.07 Å². The minimum absolute atomic E-state index is 0.141. The van der Waals surface area contributed by atoms with Crippen molar-refractivity contribution in [2.24, 2.45) is 0 Å². The molecule has 164 valence electrons. The number of ketones is 1. The Labute approximate surface area is 185 Å². The van der Waals surface area contributed by atoms with Gasteiger partial charge in [0.2, 0.25) is 0 Å². The predicted octanol–water partition coefficient (Wildman–Crippen LogP) is 2.82. The van der Waals surface area contributed by atoms with Crippen LogP contribution < -0.4 is 4.74 Å². The third kappa shape index (κ3) is 4.23. The van der Waals surface area contributed by atoms with Gasteiger partial charge in [0.25, 0.3) is 11.7 Å². The molecule has 4 rings (SSSR count). The molecule has 1 aromatic heterocycles. The molecule has 2 aliphatic rings. The summed E-state index contributed by atoms with van der Waals surface area (Å²) in [4.78, 5) is 30.7. The van der Waals surface area contributed by atoms with Crippen molar-refractivity contribution >= 4 is 28.8 Å². The molecule has 1 aromatic carbocycles. The molecule has 2 aliphatic heterocycles. The Morgan fingerprint density at radius 3 is 2.65 bits per heavy atom. The zero-order valence-corrected chi connectivity index (χ0v) is 18.5. The van der Waals surface area contributed by atoms with E-state index < -0.39 is 17.7 Å². The van der Waals surface area contributed by atoms with Crippen LogP contribution >= 0.6 is 11.3 Å². The van der Waals surface area contributed by atoms with E-state index in [0.717, 1.165) is 23.5 Å². The fourth-order valence-corrected chi connectivity index (χ4v) is 4.95. The van der Waals surface area contributed by atoms with Crippen molar-refractivity contribution in [3.8, 4) is 5.75 Å². The number of methoxy groups -OCH3 is 1. The van der Waals surface area contributed by atoms with E-state index >= 15 is 0 Å². The van der Waals surface area contributed by atoms with Crippen molar-refractivity contribution in [3.05, 3.63) is 57.3 Å². The molecule has 31 heavy (non-hydrogen) atoms. The number of likely N-dealkylation sites (tertiary alicyclic amines) is 1. The Balaban J connectivity index is 1.71. The zero-order valence-electron chi connectivity index (χ0n) is 17.7. The minimum Gasteiger partial charge on any atom is -0.507 e. The number of aliphatic hydroxyl groups excluding tert-OH is 1. The summed E-state index contributed by atoms with van der Waals surface area (Å²) >= 11 is 1.47.